The first-order valence-corrected chi connectivity index (χ1v) is 5.90. The first-order valence-electron chi connectivity index (χ1n) is 5.90. The fourth-order valence-corrected chi connectivity index (χ4v) is 2.19. The molecule has 0 unspecified atom stereocenters. The summed E-state index contributed by atoms with van der Waals surface area (Å²) >= 11 is 0. The first kappa shape index (κ1) is 11.1. The van der Waals surface area contributed by atoms with Gasteiger partial charge in [0, 0.05) is 18.7 Å². The van der Waals surface area contributed by atoms with E-state index < -0.39 is 0 Å². The molecule has 1 fully saturated rings. The van der Waals surface area contributed by atoms with Gasteiger partial charge in [-0.3, -0.25) is 4.79 Å². The average Bonchev–Trinajstić information content (AvgIpc) is 2.83. The Bertz CT molecular complexity index is 370. The standard InChI is InChI=1S/C13H18N2O/c14-8-7-11-5-1-2-6-12(11)13(16)15-9-3-4-10-15/h1-2,5-6H,3-4,7-10,14H2. The topological polar surface area (TPSA) is 46.3 Å². The van der Waals surface area contributed by atoms with Gasteiger partial charge in [-0.2, -0.15) is 0 Å². The minimum atomic E-state index is 0.168. The van der Waals surface area contributed by atoms with Gasteiger partial charge in [-0.25, -0.2) is 0 Å². The summed E-state index contributed by atoms with van der Waals surface area (Å²) in [4.78, 5) is 14.2. The third kappa shape index (κ3) is 2.25. The van der Waals surface area contributed by atoms with E-state index in [1.54, 1.807) is 0 Å². The highest BCUT2D eigenvalue weighted by atomic mass is 16.2. The maximum Gasteiger partial charge on any atom is 0.254 e. The smallest absolute Gasteiger partial charge is 0.254 e. The normalized spacial score (nSPS) is 15.4. The maximum atomic E-state index is 12.2. The number of benzene rings is 1. The molecule has 0 bridgehead atoms. The lowest BCUT2D eigenvalue weighted by atomic mass is 10.0. The number of hydrogen-bond donors (Lipinski definition) is 1. The summed E-state index contributed by atoms with van der Waals surface area (Å²) in [6.45, 7) is 2.38. The number of rotatable bonds is 3. The van der Waals surface area contributed by atoms with E-state index in [-0.39, 0.29) is 5.91 Å². The Morgan fingerprint density at radius 2 is 1.94 bits per heavy atom. The zero-order valence-electron chi connectivity index (χ0n) is 9.48. The van der Waals surface area contributed by atoms with Gasteiger partial charge in [-0.05, 0) is 37.4 Å². The molecule has 3 heteroatoms. The van der Waals surface area contributed by atoms with Crippen molar-refractivity contribution in [3.63, 3.8) is 0 Å². The molecule has 0 atom stereocenters. The summed E-state index contributed by atoms with van der Waals surface area (Å²) in [5, 5.41) is 0. The van der Waals surface area contributed by atoms with Crippen LogP contribution in [0.3, 0.4) is 0 Å². The predicted octanol–water partition coefficient (Wildman–Crippen LogP) is 1.42. The minimum Gasteiger partial charge on any atom is -0.339 e. The molecule has 1 heterocycles. The van der Waals surface area contributed by atoms with Gasteiger partial charge >= 0.3 is 0 Å². The van der Waals surface area contributed by atoms with Crippen molar-refractivity contribution in [1.29, 1.82) is 0 Å². The number of carbonyl (C=O) groups is 1. The Morgan fingerprint density at radius 1 is 1.25 bits per heavy atom. The van der Waals surface area contributed by atoms with Crippen molar-refractivity contribution in [2.24, 2.45) is 5.73 Å². The molecule has 2 N–H and O–H groups in total. The lowest BCUT2D eigenvalue weighted by Crippen LogP contribution is -2.28. The number of nitrogens with two attached hydrogens (primary N) is 1. The summed E-state index contributed by atoms with van der Waals surface area (Å²) in [7, 11) is 0. The fraction of sp³-hybridized carbons (Fsp3) is 0.462. The van der Waals surface area contributed by atoms with Gasteiger partial charge in [0.15, 0.2) is 0 Å². The van der Waals surface area contributed by atoms with Crippen LogP contribution >= 0.6 is 0 Å². The third-order valence-electron chi connectivity index (χ3n) is 3.05. The van der Waals surface area contributed by atoms with E-state index in [2.05, 4.69) is 0 Å². The Kier molecular flexibility index (Phi) is 3.57. The predicted molar refractivity (Wildman–Crippen MR) is 64.3 cm³/mol. The summed E-state index contributed by atoms with van der Waals surface area (Å²) < 4.78 is 0. The van der Waals surface area contributed by atoms with Gasteiger partial charge in [0.25, 0.3) is 5.91 Å². The quantitative estimate of drug-likeness (QED) is 0.834. The third-order valence-corrected chi connectivity index (χ3v) is 3.05. The van der Waals surface area contributed by atoms with Crippen LogP contribution in [0.15, 0.2) is 24.3 Å². The van der Waals surface area contributed by atoms with Gasteiger partial charge in [0.1, 0.15) is 0 Å². The van der Waals surface area contributed by atoms with Crippen molar-refractivity contribution in [2.45, 2.75) is 19.3 Å². The van der Waals surface area contributed by atoms with Crippen LogP contribution in [0, 0.1) is 0 Å². The average molecular weight is 218 g/mol. The van der Waals surface area contributed by atoms with Gasteiger partial charge in [0.05, 0.1) is 0 Å². The van der Waals surface area contributed by atoms with E-state index >= 15 is 0 Å². The largest absolute Gasteiger partial charge is 0.339 e. The Labute approximate surface area is 96.2 Å². The zero-order valence-corrected chi connectivity index (χ0v) is 9.48. The highest BCUT2D eigenvalue weighted by Gasteiger charge is 2.20. The van der Waals surface area contributed by atoms with Crippen LogP contribution in [0.1, 0.15) is 28.8 Å². The summed E-state index contributed by atoms with van der Waals surface area (Å²) in [6.07, 6.45) is 3.03. The molecule has 1 aromatic rings. The molecule has 0 aliphatic carbocycles. The maximum absolute atomic E-state index is 12.2. The molecule has 0 saturated carbocycles. The number of likely N-dealkylation sites (tertiary alicyclic amines) is 1. The summed E-state index contributed by atoms with van der Waals surface area (Å²) in [6, 6.07) is 7.79. The van der Waals surface area contributed by atoms with Crippen LogP contribution in [0.5, 0.6) is 0 Å². The second-order valence-corrected chi connectivity index (χ2v) is 4.20. The molecule has 0 radical (unpaired) electrons. The van der Waals surface area contributed by atoms with Gasteiger partial charge in [-0.15, -0.1) is 0 Å². The van der Waals surface area contributed by atoms with Crippen LogP contribution in [0.25, 0.3) is 0 Å². The van der Waals surface area contributed by atoms with Crippen molar-refractivity contribution in [1.82, 2.24) is 4.90 Å². The molecule has 1 saturated heterocycles. The van der Waals surface area contributed by atoms with E-state index in [1.807, 2.05) is 29.2 Å². The number of nitrogens with zero attached hydrogens (tertiary/aromatic N) is 1. The molecular weight excluding hydrogens is 200 g/mol. The molecule has 86 valence electrons. The molecule has 1 aromatic carbocycles. The number of carbonyl (C=O) groups excluding carboxylic acids is 1. The molecule has 1 aliphatic heterocycles. The molecule has 2 rings (SSSR count). The molecule has 1 aliphatic rings. The zero-order chi connectivity index (χ0) is 11.4. The molecule has 0 aromatic heterocycles. The second kappa shape index (κ2) is 5.12. The lowest BCUT2D eigenvalue weighted by Gasteiger charge is -2.17. The van der Waals surface area contributed by atoms with Gasteiger partial charge in [0.2, 0.25) is 0 Å². The van der Waals surface area contributed by atoms with E-state index in [1.165, 1.54) is 0 Å². The lowest BCUT2D eigenvalue weighted by molar-refractivity contribution is 0.0792. The fourth-order valence-electron chi connectivity index (χ4n) is 2.19. The van der Waals surface area contributed by atoms with Crippen molar-refractivity contribution in [2.75, 3.05) is 19.6 Å². The monoisotopic (exact) mass is 218 g/mol. The Morgan fingerprint density at radius 3 is 2.62 bits per heavy atom. The van der Waals surface area contributed by atoms with Crippen molar-refractivity contribution in [3.8, 4) is 0 Å². The summed E-state index contributed by atoms with van der Waals surface area (Å²) in [5.41, 5.74) is 7.46. The van der Waals surface area contributed by atoms with Crippen LogP contribution in [0.4, 0.5) is 0 Å². The molecular formula is C13H18N2O. The number of hydrogen-bond acceptors (Lipinski definition) is 2. The van der Waals surface area contributed by atoms with Crippen LogP contribution < -0.4 is 5.73 Å². The first-order chi connectivity index (χ1) is 7.83. The van der Waals surface area contributed by atoms with Crippen molar-refractivity contribution >= 4 is 5.91 Å². The molecule has 16 heavy (non-hydrogen) atoms. The van der Waals surface area contributed by atoms with E-state index in [0.717, 1.165) is 43.5 Å². The van der Waals surface area contributed by atoms with Crippen LogP contribution in [-0.4, -0.2) is 30.4 Å². The SMILES string of the molecule is NCCc1ccccc1C(=O)N1CCCC1. The van der Waals surface area contributed by atoms with Crippen molar-refractivity contribution in [3.05, 3.63) is 35.4 Å². The minimum absolute atomic E-state index is 0.168. The molecule has 1 amide bonds. The second-order valence-electron chi connectivity index (χ2n) is 4.20. The number of amides is 1. The van der Waals surface area contributed by atoms with Gasteiger partial charge in [-0.1, -0.05) is 18.2 Å². The molecule has 3 nitrogen and oxygen atoms in total. The van der Waals surface area contributed by atoms with E-state index in [0.29, 0.717) is 6.54 Å². The van der Waals surface area contributed by atoms with E-state index in [4.69, 9.17) is 5.73 Å². The van der Waals surface area contributed by atoms with Crippen molar-refractivity contribution < 1.29 is 4.79 Å². The Hall–Kier alpha value is -1.35. The Balaban J connectivity index is 2.21. The van der Waals surface area contributed by atoms with Crippen LogP contribution in [0.2, 0.25) is 0 Å². The van der Waals surface area contributed by atoms with Crippen LogP contribution in [-0.2, 0) is 6.42 Å². The highest BCUT2D eigenvalue weighted by molar-refractivity contribution is 5.95. The van der Waals surface area contributed by atoms with E-state index in [9.17, 15) is 4.79 Å². The molecule has 0 spiro atoms. The van der Waals surface area contributed by atoms with Gasteiger partial charge < -0.3 is 10.6 Å². The summed E-state index contributed by atoms with van der Waals surface area (Å²) in [5.74, 6) is 0.168. The highest BCUT2D eigenvalue weighted by Crippen LogP contribution is 2.16.